The summed E-state index contributed by atoms with van der Waals surface area (Å²) in [6.07, 6.45) is 4.19. The molecule has 142 valence electrons. The molecule has 25 heavy (non-hydrogen) atoms. The van der Waals surface area contributed by atoms with Crippen molar-refractivity contribution < 1.29 is 14.2 Å². The molecule has 1 aromatic carbocycles. The van der Waals surface area contributed by atoms with E-state index in [-0.39, 0.29) is 24.0 Å². The van der Waals surface area contributed by atoms with Gasteiger partial charge in [0.1, 0.15) is 0 Å². The summed E-state index contributed by atoms with van der Waals surface area (Å²) in [5.41, 5.74) is 1.21. The van der Waals surface area contributed by atoms with Crippen molar-refractivity contribution in [2.24, 2.45) is 4.99 Å². The molecule has 2 rings (SSSR count). The third kappa shape index (κ3) is 8.13. The average Bonchev–Trinajstić information content (AvgIpc) is 3.07. The summed E-state index contributed by atoms with van der Waals surface area (Å²) in [6.45, 7) is 5.81. The largest absolute Gasteiger partial charge is 0.454 e. The highest BCUT2D eigenvalue weighted by Gasteiger charge is 2.12. The number of aliphatic imine (C=N–C) groups is 1. The van der Waals surface area contributed by atoms with E-state index < -0.39 is 0 Å². The van der Waals surface area contributed by atoms with Crippen LogP contribution in [-0.2, 0) is 11.2 Å². The second-order valence-electron chi connectivity index (χ2n) is 5.68. The molecule has 0 saturated heterocycles. The smallest absolute Gasteiger partial charge is 0.231 e. The molecule has 0 amide bonds. The summed E-state index contributed by atoms with van der Waals surface area (Å²) in [5.74, 6) is 2.48. The quantitative estimate of drug-likeness (QED) is 0.242. The summed E-state index contributed by atoms with van der Waals surface area (Å²) < 4.78 is 16.3. The van der Waals surface area contributed by atoms with Crippen LogP contribution in [0.2, 0.25) is 0 Å². The Morgan fingerprint density at radius 1 is 1.12 bits per heavy atom. The molecule has 0 atom stereocenters. The number of halogens is 1. The monoisotopic (exact) mass is 463 g/mol. The normalized spacial score (nSPS) is 12.6. The van der Waals surface area contributed by atoms with Gasteiger partial charge < -0.3 is 24.8 Å². The second kappa shape index (κ2) is 13.0. The van der Waals surface area contributed by atoms with Gasteiger partial charge in [-0.15, -0.1) is 24.0 Å². The van der Waals surface area contributed by atoms with Crippen LogP contribution in [0.1, 0.15) is 31.7 Å². The fraction of sp³-hybridized carbons (Fsp3) is 0.611. The van der Waals surface area contributed by atoms with Gasteiger partial charge in [-0.3, -0.25) is 4.99 Å². The van der Waals surface area contributed by atoms with E-state index in [1.807, 2.05) is 12.1 Å². The Morgan fingerprint density at radius 3 is 2.68 bits per heavy atom. The molecule has 1 aromatic rings. The number of guanidine groups is 1. The van der Waals surface area contributed by atoms with E-state index in [0.29, 0.717) is 6.79 Å². The highest BCUT2D eigenvalue weighted by molar-refractivity contribution is 14.0. The maximum absolute atomic E-state index is 5.54. The fourth-order valence-corrected chi connectivity index (χ4v) is 2.37. The van der Waals surface area contributed by atoms with E-state index in [0.717, 1.165) is 63.0 Å². The van der Waals surface area contributed by atoms with Crippen molar-refractivity contribution in [3.05, 3.63) is 23.8 Å². The SMILES string of the molecule is CCCCOCCCNC(=NC)NCCc1ccc2c(c1)OCO2.I. The van der Waals surface area contributed by atoms with Crippen molar-refractivity contribution in [3.8, 4) is 11.5 Å². The summed E-state index contributed by atoms with van der Waals surface area (Å²) in [5, 5.41) is 6.63. The topological polar surface area (TPSA) is 64.1 Å². The minimum Gasteiger partial charge on any atom is -0.454 e. The van der Waals surface area contributed by atoms with Crippen molar-refractivity contribution in [2.45, 2.75) is 32.6 Å². The highest BCUT2D eigenvalue weighted by atomic mass is 127. The van der Waals surface area contributed by atoms with Crippen molar-refractivity contribution in [1.29, 1.82) is 0 Å². The van der Waals surface area contributed by atoms with Crippen LogP contribution in [-0.4, -0.2) is 46.1 Å². The van der Waals surface area contributed by atoms with E-state index in [4.69, 9.17) is 14.2 Å². The van der Waals surface area contributed by atoms with Gasteiger partial charge in [0.2, 0.25) is 6.79 Å². The molecule has 0 aromatic heterocycles. The predicted octanol–water partition coefficient (Wildman–Crippen LogP) is 2.95. The summed E-state index contributed by atoms with van der Waals surface area (Å²) in [7, 11) is 1.79. The average molecular weight is 463 g/mol. The van der Waals surface area contributed by atoms with Gasteiger partial charge in [0.25, 0.3) is 0 Å². The van der Waals surface area contributed by atoms with Crippen molar-refractivity contribution in [2.75, 3.05) is 40.1 Å². The van der Waals surface area contributed by atoms with E-state index in [9.17, 15) is 0 Å². The molecule has 0 fully saturated rings. The number of fused-ring (bicyclic) bond motifs is 1. The zero-order chi connectivity index (χ0) is 17.0. The third-order valence-electron chi connectivity index (χ3n) is 3.77. The molecule has 0 aliphatic carbocycles. The number of unbranched alkanes of at least 4 members (excludes halogenated alkanes) is 1. The molecule has 0 radical (unpaired) electrons. The maximum Gasteiger partial charge on any atom is 0.231 e. The number of hydrogen-bond acceptors (Lipinski definition) is 4. The first kappa shape index (κ1) is 21.8. The predicted molar refractivity (Wildman–Crippen MR) is 111 cm³/mol. The van der Waals surface area contributed by atoms with Crippen LogP contribution >= 0.6 is 24.0 Å². The van der Waals surface area contributed by atoms with Crippen LogP contribution in [0.5, 0.6) is 11.5 Å². The molecular weight excluding hydrogens is 433 g/mol. The van der Waals surface area contributed by atoms with Gasteiger partial charge in [0.05, 0.1) is 0 Å². The number of ether oxygens (including phenoxy) is 3. The van der Waals surface area contributed by atoms with Gasteiger partial charge in [-0.1, -0.05) is 19.4 Å². The second-order valence-corrected chi connectivity index (χ2v) is 5.68. The van der Waals surface area contributed by atoms with Gasteiger partial charge in [-0.2, -0.15) is 0 Å². The Labute approximate surface area is 167 Å². The minimum atomic E-state index is 0. The van der Waals surface area contributed by atoms with E-state index >= 15 is 0 Å². The number of nitrogens with zero attached hydrogens (tertiary/aromatic N) is 1. The van der Waals surface area contributed by atoms with Gasteiger partial charge >= 0.3 is 0 Å². The lowest BCUT2D eigenvalue weighted by atomic mass is 10.1. The molecule has 0 unspecified atom stereocenters. The maximum atomic E-state index is 5.54. The molecule has 6 nitrogen and oxygen atoms in total. The molecule has 1 heterocycles. The van der Waals surface area contributed by atoms with Crippen LogP contribution in [0.4, 0.5) is 0 Å². The van der Waals surface area contributed by atoms with E-state index in [2.05, 4.69) is 28.6 Å². The minimum absolute atomic E-state index is 0. The Morgan fingerprint density at radius 2 is 1.88 bits per heavy atom. The number of benzene rings is 1. The molecule has 7 heteroatoms. The van der Waals surface area contributed by atoms with E-state index in [1.54, 1.807) is 7.05 Å². The summed E-state index contributed by atoms with van der Waals surface area (Å²) in [6, 6.07) is 6.07. The lowest BCUT2D eigenvalue weighted by molar-refractivity contribution is 0.129. The van der Waals surface area contributed by atoms with Crippen molar-refractivity contribution in [1.82, 2.24) is 10.6 Å². The van der Waals surface area contributed by atoms with Crippen LogP contribution in [0.15, 0.2) is 23.2 Å². The van der Waals surface area contributed by atoms with Crippen molar-refractivity contribution >= 4 is 29.9 Å². The van der Waals surface area contributed by atoms with Crippen LogP contribution in [0.3, 0.4) is 0 Å². The number of hydrogen-bond donors (Lipinski definition) is 2. The number of rotatable bonds is 10. The van der Waals surface area contributed by atoms with Gasteiger partial charge in [0, 0.05) is 33.4 Å². The lowest BCUT2D eigenvalue weighted by Gasteiger charge is -2.12. The van der Waals surface area contributed by atoms with Gasteiger partial charge in [0.15, 0.2) is 17.5 Å². The Kier molecular flexibility index (Phi) is 11.4. The molecule has 0 saturated carbocycles. The first-order valence-corrected chi connectivity index (χ1v) is 8.74. The Balaban J connectivity index is 0.00000312. The van der Waals surface area contributed by atoms with Crippen LogP contribution in [0.25, 0.3) is 0 Å². The molecule has 1 aliphatic heterocycles. The fourth-order valence-electron chi connectivity index (χ4n) is 2.37. The third-order valence-corrected chi connectivity index (χ3v) is 3.77. The molecule has 0 bridgehead atoms. The number of nitrogens with one attached hydrogen (secondary N) is 2. The molecule has 1 aliphatic rings. The Bertz CT molecular complexity index is 526. The highest BCUT2D eigenvalue weighted by Crippen LogP contribution is 2.32. The summed E-state index contributed by atoms with van der Waals surface area (Å²) >= 11 is 0. The standard InChI is InChI=1S/C18H29N3O3.HI/c1-3-4-11-22-12-5-9-20-18(19-2)21-10-8-15-6-7-16-17(13-15)24-14-23-16;/h6-7,13H,3-5,8-12,14H2,1-2H3,(H2,19,20,21);1H. The lowest BCUT2D eigenvalue weighted by Crippen LogP contribution is -2.39. The molecule has 2 N–H and O–H groups in total. The molecular formula is C18H30IN3O3. The first-order chi connectivity index (χ1) is 11.8. The zero-order valence-corrected chi connectivity index (χ0v) is 17.5. The van der Waals surface area contributed by atoms with Crippen LogP contribution < -0.4 is 20.1 Å². The Hall–Kier alpha value is -1.22. The van der Waals surface area contributed by atoms with E-state index in [1.165, 1.54) is 12.0 Å². The van der Waals surface area contributed by atoms with Crippen molar-refractivity contribution in [3.63, 3.8) is 0 Å². The summed E-state index contributed by atoms with van der Waals surface area (Å²) in [4.78, 5) is 4.23. The zero-order valence-electron chi connectivity index (χ0n) is 15.2. The van der Waals surface area contributed by atoms with Crippen LogP contribution in [0, 0.1) is 0 Å². The first-order valence-electron chi connectivity index (χ1n) is 8.74. The van der Waals surface area contributed by atoms with Gasteiger partial charge in [-0.25, -0.2) is 0 Å². The van der Waals surface area contributed by atoms with Gasteiger partial charge in [-0.05, 0) is 37.0 Å². The molecule has 0 spiro atoms.